The highest BCUT2D eigenvalue weighted by Crippen LogP contribution is 2.22. The van der Waals surface area contributed by atoms with Crippen molar-refractivity contribution in [2.75, 3.05) is 12.8 Å². The van der Waals surface area contributed by atoms with E-state index in [0.29, 0.717) is 0 Å². The summed E-state index contributed by atoms with van der Waals surface area (Å²) < 4.78 is 0. The van der Waals surface area contributed by atoms with Crippen LogP contribution >= 0.6 is 11.6 Å². The maximum Gasteiger partial charge on any atom is 0.255 e. The first-order valence-electron chi connectivity index (χ1n) is 6.07. The molecule has 0 aromatic heterocycles. The first kappa shape index (κ1) is 14.3. The zero-order chi connectivity index (χ0) is 14.9. The monoisotopic (exact) mass is 295 g/mol. The van der Waals surface area contributed by atoms with Gasteiger partial charge in [-0.2, -0.15) is 0 Å². The Kier molecular flexibility index (Phi) is 3.94. The number of likely N-dealkylation sites (N-methyl/N-ethyl adjacent to an activating group) is 1. The molecule has 2 rings (SSSR count). The van der Waals surface area contributed by atoms with E-state index in [1.54, 1.807) is 18.2 Å². The summed E-state index contributed by atoms with van der Waals surface area (Å²) in [4.78, 5) is 36.4. The molecule has 0 saturated carbocycles. The second kappa shape index (κ2) is 5.50. The van der Waals surface area contributed by atoms with Gasteiger partial charge < -0.3 is 11.1 Å². The summed E-state index contributed by atoms with van der Waals surface area (Å²) in [5, 5.41) is 2.79. The highest BCUT2D eigenvalue weighted by Gasteiger charge is 2.33. The number of anilines is 1. The van der Waals surface area contributed by atoms with Crippen LogP contribution in [0.3, 0.4) is 0 Å². The highest BCUT2D eigenvalue weighted by molar-refractivity contribution is 6.34. The van der Waals surface area contributed by atoms with E-state index in [9.17, 15) is 14.4 Å². The van der Waals surface area contributed by atoms with E-state index in [1.165, 1.54) is 7.05 Å². The first-order chi connectivity index (χ1) is 9.41. The van der Waals surface area contributed by atoms with Gasteiger partial charge in [0.2, 0.25) is 5.91 Å². The number of benzene rings is 1. The van der Waals surface area contributed by atoms with Gasteiger partial charge in [0.05, 0.1) is 10.6 Å². The lowest BCUT2D eigenvalue weighted by Gasteiger charge is -2.28. The standard InChI is InChI=1S/C13H14ClN3O3/c1-17-10(18)6-5-9(13(17)20)16-12(19)11-7(14)3-2-4-8(11)15/h2-4,9H,5-6,15H2,1H3,(H,16,19). The van der Waals surface area contributed by atoms with Gasteiger partial charge in [0.1, 0.15) is 6.04 Å². The molecule has 0 spiro atoms. The Morgan fingerprint density at radius 3 is 2.80 bits per heavy atom. The van der Waals surface area contributed by atoms with Crippen LogP contribution in [0.2, 0.25) is 5.02 Å². The Hall–Kier alpha value is -2.08. The Bertz CT molecular complexity index is 568. The number of carbonyl (C=O) groups excluding carboxylic acids is 3. The molecule has 0 bridgehead atoms. The van der Waals surface area contributed by atoms with Crippen molar-refractivity contribution in [3.05, 3.63) is 28.8 Å². The molecule has 1 aliphatic rings. The lowest BCUT2D eigenvalue weighted by atomic mass is 10.0. The second-order valence-electron chi connectivity index (χ2n) is 4.56. The van der Waals surface area contributed by atoms with Crippen molar-refractivity contribution in [3.8, 4) is 0 Å². The van der Waals surface area contributed by atoms with Gasteiger partial charge in [-0.15, -0.1) is 0 Å². The van der Waals surface area contributed by atoms with Crippen molar-refractivity contribution < 1.29 is 14.4 Å². The summed E-state index contributed by atoms with van der Waals surface area (Å²) >= 11 is 5.94. The van der Waals surface area contributed by atoms with Gasteiger partial charge in [0, 0.05) is 19.2 Å². The number of imide groups is 1. The largest absolute Gasteiger partial charge is 0.398 e. The van der Waals surface area contributed by atoms with E-state index >= 15 is 0 Å². The third kappa shape index (κ3) is 2.60. The van der Waals surface area contributed by atoms with Gasteiger partial charge in [-0.05, 0) is 18.6 Å². The fourth-order valence-electron chi connectivity index (χ4n) is 2.06. The van der Waals surface area contributed by atoms with Crippen LogP contribution in [0.1, 0.15) is 23.2 Å². The molecule has 6 nitrogen and oxygen atoms in total. The molecule has 106 valence electrons. The lowest BCUT2D eigenvalue weighted by Crippen LogP contribution is -2.53. The summed E-state index contributed by atoms with van der Waals surface area (Å²) in [6.07, 6.45) is 0.489. The van der Waals surface area contributed by atoms with Crippen molar-refractivity contribution in [3.63, 3.8) is 0 Å². The second-order valence-corrected chi connectivity index (χ2v) is 4.97. The first-order valence-corrected chi connectivity index (χ1v) is 6.45. The van der Waals surface area contributed by atoms with Crippen molar-refractivity contribution in [1.82, 2.24) is 10.2 Å². The average molecular weight is 296 g/mol. The van der Waals surface area contributed by atoms with Gasteiger partial charge in [-0.1, -0.05) is 17.7 Å². The number of nitrogens with zero attached hydrogens (tertiary/aromatic N) is 1. The molecule has 0 aliphatic carbocycles. The third-order valence-corrected chi connectivity index (χ3v) is 3.54. The summed E-state index contributed by atoms with van der Waals surface area (Å²) in [6.45, 7) is 0. The number of piperidine rings is 1. The molecular weight excluding hydrogens is 282 g/mol. The summed E-state index contributed by atoms with van der Waals surface area (Å²) in [6, 6.07) is 4.00. The van der Waals surface area contributed by atoms with Crippen molar-refractivity contribution in [1.29, 1.82) is 0 Å². The number of hydrogen-bond acceptors (Lipinski definition) is 4. The van der Waals surface area contributed by atoms with Crippen LogP contribution in [0.25, 0.3) is 0 Å². The van der Waals surface area contributed by atoms with Crippen LogP contribution in [-0.4, -0.2) is 35.7 Å². The zero-order valence-corrected chi connectivity index (χ0v) is 11.6. The SMILES string of the molecule is CN1C(=O)CCC(NC(=O)c2c(N)cccc2Cl)C1=O. The third-order valence-electron chi connectivity index (χ3n) is 3.23. The maximum absolute atomic E-state index is 12.2. The minimum Gasteiger partial charge on any atom is -0.398 e. The van der Waals surface area contributed by atoms with Gasteiger partial charge in [-0.25, -0.2) is 0 Å². The summed E-state index contributed by atoms with van der Waals surface area (Å²) in [7, 11) is 1.40. The van der Waals surface area contributed by atoms with Crippen molar-refractivity contribution in [2.45, 2.75) is 18.9 Å². The molecule has 0 radical (unpaired) electrons. The van der Waals surface area contributed by atoms with E-state index < -0.39 is 17.9 Å². The average Bonchev–Trinajstić information content (AvgIpc) is 2.39. The molecule has 1 fully saturated rings. The normalized spacial score (nSPS) is 19.1. The molecule has 1 unspecified atom stereocenters. The number of nitrogen functional groups attached to an aromatic ring is 1. The molecule has 1 heterocycles. The van der Waals surface area contributed by atoms with Crippen LogP contribution in [0, 0.1) is 0 Å². The van der Waals surface area contributed by atoms with Gasteiger partial charge in [0.15, 0.2) is 0 Å². The minimum absolute atomic E-state index is 0.140. The quantitative estimate of drug-likeness (QED) is 0.623. The van der Waals surface area contributed by atoms with Gasteiger partial charge in [0.25, 0.3) is 11.8 Å². The Morgan fingerprint density at radius 1 is 1.45 bits per heavy atom. The number of likely N-dealkylation sites (tertiary alicyclic amines) is 1. The molecule has 3 amide bonds. The summed E-state index contributed by atoms with van der Waals surface area (Å²) in [5.41, 5.74) is 6.10. The predicted molar refractivity (Wildman–Crippen MR) is 74.1 cm³/mol. The number of nitrogens with two attached hydrogens (primary N) is 1. The van der Waals surface area contributed by atoms with Crippen molar-refractivity contribution >= 4 is 35.0 Å². The Balaban J connectivity index is 2.16. The number of amides is 3. The van der Waals surface area contributed by atoms with Gasteiger partial charge in [-0.3, -0.25) is 19.3 Å². The minimum atomic E-state index is -0.735. The fourth-order valence-corrected chi connectivity index (χ4v) is 2.33. The summed E-state index contributed by atoms with van der Waals surface area (Å²) in [5.74, 6) is -1.20. The molecule has 20 heavy (non-hydrogen) atoms. The number of carbonyl (C=O) groups is 3. The topological polar surface area (TPSA) is 92.5 Å². The zero-order valence-electron chi connectivity index (χ0n) is 10.9. The van der Waals surface area contributed by atoms with E-state index in [-0.39, 0.29) is 35.0 Å². The number of nitrogens with one attached hydrogen (secondary N) is 1. The number of halogens is 1. The fraction of sp³-hybridized carbons (Fsp3) is 0.308. The number of hydrogen-bond donors (Lipinski definition) is 2. The molecule has 1 aliphatic heterocycles. The van der Waals surface area contributed by atoms with E-state index in [1.807, 2.05) is 0 Å². The molecule has 1 atom stereocenters. The molecule has 1 aromatic carbocycles. The molecule has 3 N–H and O–H groups in total. The maximum atomic E-state index is 12.2. The lowest BCUT2D eigenvalue weighted by molar-refractivity contribution is -0.147. The van der Waals surface area contributed by atoms with Crippen LogP contribution in [0.15, 0.2) is 18.2 Å². The molecule has 7 heteroatoms. The van der Waals surface area contributed by atoms with E-state index in [2.05, 4.69) is 5.32 Å². The highest BCUT2D eigenvalue weighted by atomic mass is 35.5. The van der Waals surface area contributed by atoms with Crippen LogP contribution in [0.5, 0.6) is 0 Å². The van der Waals surface area contributed by atoms with Gasteiger partial charge >= 0.3 is 0 Å². The smallest absolute Gasteiger partial charge is 0.255 e. The molecular formula is C13H14ClN3O3. The van der Waals surface area contributed by atoms with E-state index in [0.717, 1.165) is 4.90 Å². The van der Waals surface area contributed by atoms with Crippen molar-refractivity contribution in [2.24, 2.45) is 0 Å². The van der Waals surface area contributed by atoms with Crippen LogP contribution in [-0.2, 0) is 9.59 Å². The molecule has 1 aromatic rings. The number of rotatable bonds is 2. The Labute approximate surface area is 120 Å². The van der Waals surface area contributed by atoms with Crippen LogP contribution in [0.4, 0.5) is 5.69 Å². The predicted octanol–water partition coefficient (Wildman–Crippen LogP) is 0.799. The van der Waals surface area contributed by atoms with Crippen LogP contribution < -0.4 is 11.1 Å². The van der Waals surface area contributed by atoms with E-state index in [4.69, 9.17) is 17.3 Å². The Morgan fingerprint density at radius 2 is 2.15 bits per heavy atom. The molecule has 1 saturated heterocycles.